The Hall–Kier alpha value is -1.02. The van der Waals surface area contributed by atoms with Crippen LogP contribution in [-0.2, 0) is 0 Å². The molecule has 120 valence electrons. The van der Waals surface area contributed by atoms with E-state index in [-0.39, 0.29) is 0 Å². The van der Waals surface area contributed by atoms with Crippen molar-refractivity contribution in [3.05, 3.63) is 29.8 Å². The van der Waals surface area contributed by atoms with Gasteiger partial charge in [-0.05, 0) is 61.9 Å². The lowest BCUT2D eigenvalue weighted by Gasteiger charge is -2.30. The molecule has 0 aromatic heterocycles. The highest BCUT2D eigenvalue weighted by molar-refractivity contribution is 5.31. The molecular weight excluding hydrogens is 258 g/mol. The minimum atomic E-state index is 0.608. The zero-order valence-corrected chi connectivity index (χ0v) is 14.6. The van der Waals surface area contributed by atoms with E-state index in [0.29, 0.717) is 11.8 Å². The molecule has 2 heteroatoms. The summed E-state index contributed by atoms with van der Waals surface area (Å²) in [5, 5.41) is 0. The zero-order chi connectivity index (χ0) is 15.7. The van der Waals surface area contributed by atoms with Gasteiger partial charge in [0.2, 0.25) is 0 Å². The van der Waals surface area contributed by atoms with Crippen LogP contribution < -0.4 is 4.74 Å². The molecule has 0 saturated carbocycles. The molecule has 2 unspecified atom stereocenters. The standard InChI is InChI=1S/C19H33NO/c1-6-12-20(13-7-2)15-16(4)19(8-3)17-10-9-11-18(14-17)21-5/h9-11,14,16,19H,6-8,12-13,15H2,1-5H3. The Morgan fingerprint density at radius 3 is 2.29 bits per heavy atom. The van der Waals surface area contributed by atoms with Crippen molar-refractivity contribution >= 4 is 0 Å². The number of methoxy groups -OCH3 is 1. The van der Waals surface area contributed by atoms with Crippen LogP contribution in [0.2, 0.25) is 0 Å². The van der Waals surface area contributed by atoms with Crippen LogP contribution in [0.15, 0.2) is 24.3 Å². The van der Waals surface area contributed by atoms with Gasteiger partial charge >= 0.3 is 0 Å². The van der Waals surface area contributed by atoms with Crippen LogP contribution in [0.5, 0.6) is 5.75 Å². The number of rotatable bonds is 10. The van der Waals surface area contributed by atoms with Gasteiger partial charge in [0.15, 0.2) is 0 Å². The predicted octanol–water partition coefficient (Wildman–Crippen LogP) is 4.95. The summed E-state index contributed by atoms with van der Waals surface area (Å²) in [7, 11) is 1.74. The molecule has 0 aliphatic carbocycles. The molecule has 2 nitrogen and oxygen atoms in total. The van der Waals surface area contributed by atoms with E-state index >= 15 is 0 Å². The molecule has 2 atom stereocenters. The average molecular weight is 291 g/mol. The van der Waals surface area contributed by atoms with E-state index in [0.717, 1.165) is 5.75 Å². The molecule has 0 fully saturated rings. The smallest absolute Gasteiger partial charge is 0.119 e. The number of benzene rings is 1. The number of nitrogens with zero attached hydrogens (tertiary/aromatic N) is 1. The summed E-state index contributed by atoms with van der Waals surface area (Å²) in [6.45, 7) is 12.9. The lowest BCUT2D eigenvalue weighted by Crippen LogP contribution is -2.32. The Bertz CT molecular complexity index is 385. The molecule has 0 amide bonds. The van der Waals surface area contributed by atoms with Crippen molar-refractivity contribution in [2.24, 2.45) is 5.92 Å². The van der Waals surface area contributed by atoms with E-state index in [1.165, 1.54) is 44.5 Å². The quantitative estimate of drug-likeness (QED) is 0.605. The third kappa shape index (κ3) is 5.70. The second kappa shape index (κ2) is 9.83. The van der Waals surface area contributed by atoms with Crippen LogP contribution in [0.3, 0.4) is 0 Å². The molecule has 0 aliphatic rings. The van der Waals surface area contributed by atoms with E-state index in [2.05, 4.69) is 50.8 Å². The van der Waals surface area contributed by atoms with Gasteiger partial charge in [0.1, 0.15) is 5.75 Å². The molecular formula is C19H33NO. The van der Waals surface area contributed by atoms with Crippen LogP contribution >= 0.6 is 0 Å². The normalized spacial score (nSPS) is 14.2. The second-order valence-electron chi connectivity index (χ2n) is 6.07. The van der Waals surface area contributed by atoms with E-state index in [9.17, 15) is 0 Å². The maximum absolute atomic E-state index is 5.38. The molecule has 0 spiro atoms. The van der Waals surface area contributed by atoms with Crippen LogP contribution in [0.25, 0.3) is 0 Å². The fourth-order valence-corrected chi connectivity index (χ4v) is 3.30. The van der Waals surface area contributed by atoms with Crippen molar-refractivity contribution in [2.45, 2.75) is 52.9 Å². The highest BCUT2D eigenvalue weighted by Gasteiger charge is 2.20. The second-order valence-corrected chi connectivity index (χ2v) is 6.07. The number of hydrogen-bond donors (Lipinski definition) is 0. The number of ether oxygens (including phenoxy) is 1. The summed E-state index contributed by atoms with van der Waals surface area (Å²) < 4.78 is 5.38. The summed E-state index contributed by atoms with van der Waals surface area (Å²) >= 11 is 0. The number of hydrogen-bond acceptors (Lipinski definition) is 2. The van der Waals surface area contributed by atoms with Gasteiger partial charge in [-0.15, -0.1) is 0 Å². The van der Waals surface area contributed by atoms with Crippen molar-refractivity contribution in [1.29, 1.82) is 0 Å². The molecule has 0 radical (unpaired) electrons. The molecule has 1 aromatic rings. The molecule has 0 N–H and O–H groups in total. The topological polar surface area (TPSA) is 12.5 Å². The fraction of sp³-hybridized carbons (Fsp3) is 0.684. The van der Waals surface area contributed by atoms with Gasteiger partial charge in [0.05, 0.1) is 7.11 Å². The van der Waals surface area contributed by atoms with Gasteiger partial charge in [-0.1, -0.05) is 39.8 Å². The van der Waals surface area contributed by atoms with Crippen LogP contribution in [-0.4, -0.2) is 31.6 Å². The van der Waals surface area contributed by atoms with Gasteiger partial charge in [-0.2, -0.15) is 0 Å². The first kappa shape index (κ1) is 18.0. The van der Waals surface area contributed by atoms with E-state index in [1.54, 1.807) is 7.11 Å². The first-order chi connectivity index (χ1) is 10.2. The molecule has 1 rings (SSSR count). The van der Waals surface area contributed by atoms with Crippen molar-refractivity contribution in [1.82, 2.24) is 4.90 Å². The Labute approximate surface area is 131 Å². The maximum atomic E-state index is 5.38. The van der Waals surface area contributed by atoms with Gasteiger partial charge in [0.25, 0.3) is 0 Å². The first-order valence-corrected chi connectivity index (χ1v) is 8.52. The summed E-state index contributed by atoms with van der Waals surface area (Å²) in [6, 6.07) is 8.59. The fourth-order valence-electron chi connectivity index (χ4n) is 3.30. The van der Waals surface area contributed by atoms with E-state index < -0.39 is 0 Å². The molecule has 21 heavy (non-hydrogen) atoms. The summed E-state index contributed by atoms with van der Waals surface area (Å²) in [4.78, 5) is 2.62. The summed E-state index contributed by atoms with van der Waals surface area (Å²) in [6.07, 6.45) is 3.66. The van der Waals surface area contributed by atoms with Crippen LogP contribution in [0, 0.1) is 5.92 Å². The zero-order valence-electron chi connectivity index (χ0n) is 14.6. The van der Waals surface area contributed by atoms with Gasteiger partial charge in [-0.25, -0.2) is 0 Å². The molecule has 0 heterocycles. The van der Waals surface area contributed by atoms with Gasteiger partial charge in [0, 0.05) is 6.54 Å². The van der Waals surface area contributed by atoms with Crippen molar-refractivity contribution < 1.29 is 4.74 Å². The predicted molar refractivity (Wildman–Crippen MR) is 92.2 cm³/mol. The molecule has 0 bridgehead atoms. The minimum Gasteiger partial charge on any atom is -0.497 e. The Kier molecular flexibility index (Phi) is 8.44. The third-order valence-electron chi connectivity index (χ3n) is 4.27. The Balaban J connectivity index is 2.77. The lowest BCUT2D eigenvalue weighted by molar-refractivity contribution is 0.220. The lowest BCUT2D eigenvalue weighted by atomic mass is 9.84. The minimum absolute atomic E-state index is 0.608. The Morgan fingerprint density at radius 2 is 1.76 bits per heavy atom. The Morgan fingerprint density at radius 1 is 1.10 bits per heavy atom. The molecule has 0 aliphatic heterocycles. The first-order valence-electron chi connectivity index (χ1n) is 8.52. The van der Waals surface area contributed by atoms with E-state index in [4.69, 9.17) is 4.74 Å². The summed E-state index contributed by atoms with van der Waals surface area (Å²) in [5.41, 5.74) is 1.41. The van der Waals surface area contributed by atoms with Crippen molar-refractivity contribution in [3.8, 4) is 5.75 Å². The highest BCUT2D eigenvalue weighted by atomic mass is 16.5. The van der Waals surface area contributed by atoms with E-state index in [1.807, 2.05) is 6.07 Å². The van der Waals surface area contributed by atoms with Gasteiger partial charge < -0.3 is 9.64 Å². The molecule has 0 saturated heterocycles. The van der Waals surface area contributed by atoms with Crippen molar-refractivity contribution in [3.63, 3.8) is 0 Å². The summed E-state index contributed by atoms with van der Waals surface area (Å²) in [5.74, 6) is 2.24. The molecule has 1 aromatic carbocycles. The SMILES string of the molecule is CCCN(CCC)CC(C)C(CC)c1cccc(OC)c1. The van der Waals surface area contributed by atoms with Crippen LogP contribution in [0.1, 0.15) is 58.4 Å². The van der Waals surface area contributed by atoms with Gasteiger partial charge in [-0.3, -0.25) is 0 Å². The van der Waals surface area contributed by atoms with Crippen LogP contribution in [0.4, 0.5) is 0 Å². The highest BCUT2D eigenvalue weighted by Crippen LogP contribution is 2.30. The average Bonchev–Trinajstić information content (AvgIpc) is 2.48. The maximum Gasteiger partial charge on any atom is 0.119 e. The largest absolute Gasteiger partial charge is 0.497 e. The monoisotopic (exact) mass is 291 g/mol. The third-order valence-corrected chi connectivity index (χ3v) is 4.27. The van der Waals surface area contributed by atoms with Crippen molar-refractivity contribution in [2.75, 3.05) is 26.7 Å².